The maximum atomic E-state index is 11.5. The summed E-state index contributed by atoms with van der Waals surface area (Å²) >= 11 is 0. The number of esters is 1. The third-order valence-electron chi connectivity index (χ3n) is 1.90. The Morgan fingerprint density at radius 1 is 1.47 bits per heavy atom. The molecule has 0 aromatic carbocycles. The Morgan fingerprint density at radius 3 is 3.13 bits per heavy atom. The van der Waals surface area contributed by atoms with Gasteiger partial charge in [0.2, 0.25) is 0 Å². The fourth-order valence-corrected chi connectivity index (χ4v) is 1.27. The summed E-state index contributed by atoms with van der Waals surface area (Å²) in [5, 5.41) is 0.610. The fourth-order valence-electron chi connectivity index (χ4n) is 1.27. The zero-order valence-electron chi connectivity index (χ0n) is 8.17. The average Bonchev–Trinajstić information content (AvgIpc) is 2.28. The molecule has 0 amide bonds. The second-order valence-electron chi connectivity index (χ2n) is 2.84. The van der Waals surface area contributed by atoms with Crippen molar-refractivity contribution >= 4 is 16.9 Å². The maximum absolute atomic E-state index is 11.5. The van der Waals surface area contributed by atoms with Crippen LogP contribution >= 0.6 is 0 Å². The van der Waals surface area contributed by atoms with Crippen LogP contribution in [0.15, 0.2) is 24.8 Å². The molecule has 5 nitrogen and oxygen atoms in total. The molecule has 0 unspecified atom stereocenters. The summed E-state index contributed by atoms with van der Waals surface area (Å²) in [4.78, 5) is 23.4. The molecule has 2 heterocycles. The highest BCUT2D eigenvalue weighted by atomic mass is 16.5. The Labute approximate surface area is 86.1 Å². The lowest BCUT2D eigenvalue weighted by Crippen LogP contribution is -2.07. The second kappa shape index (κ2) is 4.00. The average molecular weight is 203 g/mol. The third kappa shape index (κ3) is 1.76. The van der Waals surface area contributed by atoms with E-state index in [0.29, 0.717) is 17.5 Å². The summed E-state index contributed by atoms with van der Waals surface area (Å²) < 4.78 is 4.88. The molecule has 0 fully saturated rings. The fraction of sp³-hybridized carbons (Fsp3) is 0.200. The van der Waals surface area contributed by atoms with Crippen molar-refractivity contribution in [2.75, 3.05) is 6.61 Å². The third-order valence-corrected chi connectivity index (χ3v) is 1.90. The molecule has 0 saturated heterocycles. The van der Waals surface area contributed by atoms with Gasteiger partial charge in [-0.15, -0.1) is 0 Å². The number of hydrogen-bond donors (Lipinski definition) is 0. The van der Waals surface area contributed by atoms with E-state index in [4.69, 9.17) is 4.74 Å². The van der Waals surface area contributed by atoms with Crippen molar-refractivity contribution in [3.8, 4) is 0 Å². The van der Waals surface area contributed by atoms with Crippen LogP contribution < -0.4 is 0 Å². The quantitative estimate of drug-likeness (QED) is 0.686. The zero-order valence-corrected chi connectivity index (χ0v) is 8.17. The highest BCUT2D eigenvalue weighted by Gasteiger charge is 2.12. The molecule has 0 atom stereocenters. The van der Waals surface area contributed by atoms with Gasteiger partial charge in [-0.3, -0.25) is 0 Å². The van der Waals surface area contributed by atoms with E-state index >= 15 is 0 Å². The molecule has 76 valence electrons. The molecular formula is C10H9N3O2. The molecule has 5 heteroatoms. The van der Waals surface area contributed by atoms with Crippen LogP contribution in [0.3, 0.4) is 0 Å². The molecule has 2 rings (SSSR count). The predicted octanol–water partition coefficient (Wildman–Crippen LogP) is 1.20. The number of nitrogens with zero attached hydrogens (tertiary/aromatic N) is 3. The highest BCUT2D eigenvalue weighted by molar-refractivity contribution is 6.00. The molecular weight excluding hydrogens is 194 g/mol. The van der Waals surface area contributed by atoms with Gasteiger partial charge in [0.05, 0.1) is 17.5 Å². The van der Waals surface area contributed by atoms with Crippen LogP contribution in [-0.4, -0.2) is 27.5 Å². The van der Waals surface area contributed by atoms with Gasteiger partial charge in [0.15, 0.2) is 5.69 Å². The number of pyridine rings is 1. The lowest BCUT2D eigenvalue weighted by molar-refractivity contribution is 0.0522. The van der Waals surface area contributed by atoms with Crippen molar-refractivity contribution in [2.45, 2.75) is 6.92 Å². The summed E-state index contributed by atoms with van der Waals surface area (Å²) in [5.74, 6) is -0.446. The largest absolute Gasteiger partial charge is 0.461 e. The summed E-state index contributed by atoms with van der Waals surface area (Å²) in [6.45, 7) is 2.07. The van der Waals surface area contributed by atoms with E-state index in [1.165, 1.54) is 12.5 Å². The van der Waals surface area contributed by atoms with E-state index in [9.17, 15) is 4.79 Å². The van der Waals surface area contributed by atoms with Crippen LogP contribution in [0.5, 0.6) is 0 Å². The Hall–Kier alpha value is -2.04. The number of carbonyl (C=O) groups is 1. The van der Waals surface area contributed by atoms with Crippen LogP contribution in [0, 0.1) is 0 Å². The van der Waals surface area contributed by atoms with Gasteiger partial charge in [0, 0.05) is 12.4 Å². The maximum Gasteiger partial charge on any atom is 0.357 e. The molecule has 0 spiro atoms. The summed E-state index contributed by atoms with van der Waals surface area (Å²) in [6, 6.07) is 1.72. The lowest BCUT2D eigenvalue weighted by atomic mass is 10.2. The SMILES string of the molecule is CCOC(=O)c1nccc2ncncc12. The summed E-state index contributed by atoms with van der Waals surface area (Å²) in [6.07, 6.45) is 4.51. The van der Waals surface area contributed by atoms with E-state index in [-0.39, 0.29) is 5.69 Å². The number of ether oxygens (including phenoxy) is 1. The van der Waals surface area contributed by atoms with Gasteiger partial charge in [-0.05, 0) is 13.0 Å². The van der Waals surface area contributed by atoms with Crippen LogP contribution in [0.2, 0.25) is 0 Å². The van der Waals surface area contributed by atoms with Gasteiger partial charge in [0.25, 0.3) is 0 Å². The molecule has 0 aliphatic carbocycles. The lowest BCUT2D eigenvalue weighted by Gasteiger charge is -2.03. The minimum absolute atomic E-state index is 0.259. The van der Waals surface area contributed by atoms with Gasteiger partial charge < -0.3 is 4.74 Å². The van der Waals surface area contributed by atoms with E-state index < -0.39 is 5.97 Å². The van der Waals surface area contributed by atoms with Crippen molar-refractivity contribution in [3.05, 3.63) is 30.5 Å². The minimum Gasteiger partial charge on any atom is -0.461 e. The molecule has 2 aromatic heterocycles. The van der Waals surface area contributed by atoms with Gasteiger partial charge in [0.1, 0.15) is 6.33 Å². The Bertz CT molecular complexity index is 493. The normalized spacial score (nSPS) is 10.2. The first-order valence-corrected chi connectivity index (χ1v) is 4.54. The smallest absolute Gasteiger partial charge is 0.357 e. The van der Waals surface area contributed by atoms with Crippen LogP contribution in [0.1, 0.15) is 17.4 Å². The molecule has 15 heavy (non-hydrogen) atoms. The molecule has 0 radical (unpaired) electrons. The van der Waals surface area contributed by atoms with Gasteiger partial charge in [-0.2, -0.15) is 0 Å². The van der Waals surface area contributed by atoms with Crippen LogP contribution in [-0.2, 0) is 4.74 Å². The van der Waals surface area contributed by atoms with Crippen LogP contribution in [0.25, 0.3) is 10.9 Å². The number of carbonyl (C=O) groups excluding carboxylic acids is 1. The predicted molar refractivity (Wildman–Crippen MR) is 53.3 cm³/mol. The molecule has 0 saturated carbocycles. The number of rotatable bonds is 2. The Morgan fingerprint density at radius 2 is 2.33 bits per heavy atom. The van der Waals surface area contributed by atoms with Crippen molar-refractivity contribution in [2.24, 2.45) is 0 Å². The van der Waals surface area contributed by atoms with Crippen molar-refractivity contribution < 1.29 is 9.53 Å². The summed E-state index contributed by atoms with van der Waals surface area (Å²) in [7, 11) is 0. The minimum atomic E-state index is -0.446. The first kappa shape index (κ1) is 9.51. The first-order chi connectivity index (χ1) is 7.33. The van der Waals surface area contributed by atoms with Gasteiger partial charge in [-0.1, -0.05) is 0 Å². The standard InChI is InChI=1S/C10H9N3O2/c1-2-15-10(14)9-7-5-11-6-13-8(7)3-4-12-9/h3-6H,2H2,1H3. The number of hydrogen-bond acceptors (Lipinski definition) is 5. The van der Waals surface area contributed by atoms with E-state index in [2.05, 4.69) is 15.0 Å². The first-order valence-electron chi connectivity index (χ1n) is 4.54. The van der Waals surface area contributed by atoms with Crippen molar-refractivity contribution in [1.82, 2.24) is 15.0 Å². The Kier molecular flexibility index (Phi) is 2.53. The molecule has 0 N–H and O–H groups in total. The van der Waals surface area contributed by atoms with E-state index in [0.717, 1.165) is 0 Å². The van der Waals surface area contributed by atoms with Crippen molar-refractivity contribution in [1.29, 1.82) is 0 Å². The number of fused-ring (bicyclic) bond motifs is 1. The monoisotopic (exact) mass is 203 g/mol. The Balaban J connectivity index is 2.56. The molecule has 0 aliphatic rings. The zero-order chi connectivity index (χ0) is 10.7. The van der Waals surface area contributed by atoms with Gasteiger partial charge >= 0.3 is 5.97 Å². The highest BCUT2D eigenvalue weighted by Crippen LogP contribution is 2.13. The molecule has 0 bridgehead atoms. The van der Waals surface area contributed by atoms with E-state index in [1.807, 2.05) is 0 Å². The second-order valence-corrected chi connectivity index (χ2v) is 2.84. The van der Waals surface area contributed by atoms with Crippen LogP contribution in [0.4, 0.5) is 0 Å². The molecule has 0 aliphatic heterocycles. The topological polar surface area (TPSA) is 65.0 Å². The molecule has 2 aromatic rings. The summed E-state index contributed by atoms with van der Waals surface area (Å²) in [5.41, 5.74) is 0.943. The van der Waals surface area contributed by atoms with Crippen molar-refractivity contribution in [3.63, 3.8) is 0 Å². The van der Waals surface area contributed by atoms with E-state index in [1.54, 1.807) is 19.2 Å². The number of aromatic nitrogens is 3. The van der Waals surface area contributed by atoms with Gasteiger partial charge in [-0.25, -0.2) is 19.7 Å².